The molecular weight excluding hydrogens is 366 g/mol. The summed E-state index contributed by atoms with van der Waals surface area (Å²) in [7, 11) is 0. The number of hydrogen-bond donors (Lipinski definition) is 0. The Kier molecular flexibility index (Phi) is 16.3. The molecule has 0 aromatic carbocycles. The van der Waals surface area contributed by atoms with Crippen molar-refractivity contribution in [2.75, 3.05) is 0 Å². The monoisotopic (exact) mass is 386 g/mol. The van der Waals surface area contributed by atoms with Gasteiger partial charge in [-0.05, 0) is 18.8 Å². The van der Waals surface area contributed by atoms with Gasteiger partial charge in [-0.3, -0.25) is 12.2 Å². The first-order valence-corrected chi connectivity index (χ1v) is 6.96. The van der Waals surface area contributed by atoms with Gasteiger partial charge in [0.25, 0.3) is 0 Å². The van der Waals surface area contributed by atoms with E-state index in [0.717, 1.165) is 18.8 Å². The molecule has 0 nitrogen and oxygen atoms in total. The Morgan fingerprint density at radius 1 is 0.900 bits per heavy atom. The van der Waals surface area contributed by atoms with Crippen LogP contribution < -0.4 is 24.8 Å². The van der Waals surface area contributed by atoms with Crippen LogP contribution in [0.25, 0.3) is 0 Å². The van der Waals surface area contributed by atoms with Crippen molar-refractivity contribution < 1.29 is 51.0 Å². The first-order chi connectivity index (χ1) is 8.47. The number of halogens is 2. The van der Waals surface area contributed by atoms with E-state index in [4.69, 9.17) is 0 Å². The number of allylic oxidation sites excluding steroid dienone is 8. The van der Waals surface area contributed by atoms with Crippen LogP contribution in [0.5, 0.6) is 0 Å². The van der Waals surface area contributed by atoms with Crippen molar-refractivity contribution in [2.24, 2.45) is 5.92 Å². The SMILES string of the molecule is [C-]1=C(C2CCCCCC2)C=CC1.[C-]1=CC=CC1.[Cl-].[Cl-].[Zr+4]. The van der Waals surface area contributed by atoms with E-state index in [1.54, 1.807) is 0 Å². The zero-order valence-corrected chi connectivity index (χ0v) is 15.8. The number of hydrogen-bond acceptors (Lipinski definition) is 0. The third kappa shape index (κ3) is 8.65. The van der Waals surface area contributed by atoms with Crippen molar-refractivity contribution in [3.8, 4) is 0 Å². The van der Waals surface area contributed by atoms with Gasteiger partial charge in [0.2, 0.25) is 0 Å². The van der Waals surface area contributed by atoms with Gasteiger partial charge in [-0.1, -0.05) is 25.7 Å². The van der Waals surface area contributed by atoms with Gasteiger partial charge in [-0.25, -0.2) is 23.8 Å². The van der Waals surface area contributed by atoms with Crippen molar-refractivity contribution >= 4 is 0 Å². The van der Waals surface area contributed by atoms with Crippen LogP contribution in [0.2, 0.25) is 0 Å². The van der Waals surface area contributed by atoms with Crippen molar-refractivity contribution in [3.05, 3.63) is 48.1 Å². The molecule has 1 fully saturated rings. The standard InChI is InChI=1S/C12H17.C5H5.2ClH.Zr/c1-2-4-8-11(7-3-1)12-9-5-6-10-12;1-2-4-5-3-1;;;/h5,9,11H,1-4,6-8H2;1-3H,4H2;2*1H;/q2*-1;;;+4/p-2. The average molecular weight is 388 g/mol. The van der Waals surface area contributed by atoms with Crippen LogP contribution >= 0.6 is 0 Å². The second kappa shape index (κ2) is 14.4. The predicted octanol–water partition coefficient (Wildman–Crippen LogP) is -1.04. The minimum Gasteiger partial charge on any atom is -1.00 e. The second-order valence-corrected chi connectivity index (χ2v) is 4.93. The normalized spacial score (nSPS) is 19.7. The molecule has 0 aromatic heterocycles. The van der Waals surface area contributed by atoms with Gasteiger partial charge in [0, 0.05) is 0 Å². The molecule has 0 N–H and O–H groups in total. The van der Waals surface area contributed by atoms with Crippen LogP contribution in [0.15, 0.2) is 36.0 Å². The van der Waals surface area contributed by atoms with Crippen molar-refractivity contribution in [1.82, 2.24) is 0 Å². The predicted molar refractivity (Wildman–Crippen MR) is 73.3 cm³/mol. The van der Waals surface area contributed by atoms with Gasteiger partial charge < -0.3 is 24.8 Å². The van der Waals surface area contributed by atoms with Gasteiger partial charge in [0.05, 0.1) is 0 Å². The van der Waals surface area contributed by atoms with Gasteiger partial charge in [-0.2, -0.15) is 12.2 Å². The van der Waals surface area contributed by atoms with E-state index < -0.39 is 0 Å². The fraction of sp³-hybridized carbons (Fsp3) is 0.529. The van der Waals surface area contributed by atoms with Gasteiger partial charge in [-0.15, -0.1) is 12.8 Å². The summed E-state index contributed by atoms with van der Waals surface area (Å²) in [5.41, 5.74) is 1.51. The molecule has 0 radical (unpaired) electrons. The van der Waals surface area contributed by atoms with Gasteiger partial charge in [0.1, 0.15) is 0 Å². The molecular formula is C17H22Cl2Zr. The summed E-state index contributed by atoms with van der Waals surface area (Å²) >= 11 is 0. The average Bonchev–Trinajstić information content (AvgIpc) is 3.02. The van der Waals surface area contributed by atoms with E-state index in [1.807, 2.05) is 12.2 Å². The Morgan fingerprint density at radius 2 is 1.60 bits per heavy atom. The minimum absolute atomic E-state index is 0. The maximum atomic E-state index is 3.46. The maximum Gasteiger partial charge on any atom is 4.00 e. The van der Waals surface area contributed by atoms with Crippen molar-refractivity contribution in [2.45, 2.75) is 51.4 Å². The molecule has 108 valence electrons. The Morgan fingerprint density at radius 3 is 2.00 bits per heavy atom. The second-order valence-electron chi connectivity index (χ2n) is 4.93. The van der Waals surface area contributed by atoms with E-state index in [1.165, 1.54) is 44.1 Å². The molecule has 0 aromatic rings. The third-order valence-corrected chi connectivity index (χ3v) is 3.60. The summed E-state index contributed by atoms with van der Waals surface area (Å²) < 4.78 is 0. The molecule has 0 bridgehead atoms. The summed E-state index contributed by atoms with van der Waals surface area (Å²) in [5.74, 6) is 0.853. The molecule has 0 atom stereocenters. The smallest absolute Gasteiger partial charge is 1.00 e. The Labute approximate surface area is 155 Å². The fourth-order valence-electron chi connectivity index (χ4n) is 2.63. The third-order valence-electron chi connectivity index (χ3n) is 3.60. The molecule has 0 amide bonds. The Hall–Kier alpha value is 0.423. The van der Waals surface area contributed by atoms with Crippen LogP contribution in [0.3, 0.4) is 0 Å². The molecule has 3 aliphatic carbocycles. The summed E-state index contributed by atoms with van der Waals surface area (Å²) in [5, 5.41) is 0. The fourth-order valence-corrected chi connectivity index (χ4v) is 2.63. The summed E-state index contributed by atoms with van der Waals surface area (Å²) in [6.07, 6.45) is 27.6. The number of rotatable bonds is 1. The molecule has 3 heteroatoms. The molecule has 0 heterocycles. The zero-order valence-electron chi connectivity index (χ0n) is 11.9. The molecule has 0 aliphatic heterocycles. The molecule has 0 spiro atoms. The van der Waals surface area contributed by atoms with Crippen LogP contribution in [-0.2, 0) is 26.2 Å². The molecule has 20 heavy (non-hydrogen) atoms. The van der Waals surface area contributed by atoms with Gasteiger partial charge >= 0.3 is 26.2 Å². The van der Waals surface area contributed by atoms with E-state index in [0.29, 0.717) is 0 Å². The summed E-state index contributed by atoms with van der Waals surface area (Å²) in [4.78, 5) is 0. The van der Waals surface area contributed by atoms with Crippen molar-refractivity contribution in [3.63, 3.8) is 0 Å². The largest absolute Gasteiger partial charge is 4.00 e. The molecule has 0 saturated heterocycles. The quantitative estimate of drug-likeness (QED) is 0.398. The minimum atomic E-state index is 0. The molecule has 0 unspecified atom stereocenters. The van der Waals surface area contributed by atoms with E-state index >= 15 is 0 Å². The summed E-state index contributed by atoms with van der Waals surface area (Å²) in [6.45, 7) is 0. The first-order valence-electron chi connectivity index (χ1n) is 6.96. The Balaban J connectivity index is 0. The molecule has 3 aliphatic rings. The van der Waals surface area contributed by atoms with Crippen LogP contribution in [0.1, 0.15) is 51.4 Å². The first kappa shape index (κ1) is 22.7. The Bertz CT molecular complexity index is 325. The van der Waals surface area contributed by atoms with Gasteiger partial charge in [0.15, 0.2) is 0 Å². The topological polar surface area (TPSA) is 0 Å². The zero-order chi connectivity index (χ0) is 11.8. The molecule has 3 rings (SSSR count). The van der Waals surface area contributed by atoms with Crippen LogP contribution in [-0.4, -0.2) is 0 Å². The van der Waals surface area contributed by atoms with E-state index in [2.05, 4.69) is 30.4 Å². The van der Waals surface area contributed by atoms with Crippen LogP contribution in [0.4, 0.5) is 0 Å². The van der Waals surface area contributed by atoms with Crippen molar-refractivity contribution in [1.29, 1.82) is 0 Å². The molecule has 1 saturated carbocycles. The van der Waals surface area contributed by atoms with E-state index in [-0.39, 0.29) is 51.0 Å². The van der Waals surface area contributed by atoms with E-state index in [9.17, 15) is 0 Å². The van der Waals surface area contributed by atoms with Crippen LogP contribution in [0, 0.1) is 18.1 Å². The maximum absolute atomic E-state index is 3.46. The summed E-state index contributed by atoms with van der Waals surface area (Å²) in [6, 6.07) is 0.